The van der Waals surface area contributed by atoms with Gasteiger partial charge in [-0.3, -0.25) is 14.5 Å². The van der Waals surface area contributed by atoms with Crippen LogP contribution in [0.4, 0.5) is 11.4 Å². The standard InChI is InChI=1S/C25H31N3O4/c1-31-22-10-9-20(16-23(22)32-2)26-24(29)17-27-14-11-19(12-15-27)25(30)28-13-5-7-18-6-3-4-8-21(18)28/h3-4,6,8-10,16,19H,5,7,11-15,17H2,1-2H3,(H,26,29). The van der Waals surface area contributed by atoms with E-state index in [0.29, 0.717) is 23.7 Å². The molecule has 0 atom stereocenters. The summed E-state index contributed by atoms with van der Waals surface area (Å²) in [7, 11) is 3.14. The first-order chi connectivity index (χ1) is 15.6. The first-order valence-corrected chi connectivity index (χ1v) is 11.2. The van der Waals surface area contributed by atoms with Crippen molar-refractivity contribution in [2.45, 2.75) is 25.7 Å². The van der Waals surface area contributed by atoms with Crippen LogP contribution in [-0.2, 0) is 16.0 Å². The SMILES string of the molecule is COc1ccc(NC(=O)CN2CCC(C(=O)N3CCCc4ccccc43)CC2)cc1OC. The molecule has 7 heteroatoms. The summed E-state index contributed by atoms with van der Waals surface area (Å²) >= 11 is 0. The molecule has 2 aromatic carbocycles. The van der Waals surface area contributed by atoms with Crippen molar-refractivity contribution in [1.82, 2.24) is 4.90 Å². The van der Waals surface area contributed by atoms with E-state index < -0.39 is 0 Å². The van der Waals surface area contributed by atoms with Gasteiger partial charge in [0.05, 0.1) is 20.8 Å². The molecule has 4 rings (SSSR count). The van der Waals surface area contributed by atoms with Crippen LogP contribution in [0.2, 0.25) is 0 Å². The van der Waals surface area contributed by atoms with E-state index in [1.807, 2.05) is 17.0 Å². The summed E-state index contributed by atoms with van der Waals surface area (Å²) in [5, 5.41) is 2.92. The number of carbonyl (C=O) groups excluding carboxylic acids is 2. The zero-order chi connectivity index (χ0) is 22.5. The minimum Gasteiger partial charge on any atom is -0.493 e. The number of piperidine rings is 1. The smallest absolute Gasteiger partial charge is 0.238 e. The molecule has 2 aliphatic heterocycles. The lowest BCUT2D eigenvalue weighted by Crippen LogP contribution is -2.45. The molecule has 2 amide bonds. The average Bonchev–Trinajstić information content (AvgIpc) is 2.83. The lowest BCUT2D eigenvalue weighted by atomic mass is 9.93. The summed E-state index contributed by atoms with van der Waals surface area (Å²) < 4.78 is 10.5. The van der Waals surface area contributed by atoms with Crippen LogP contribution in [0.3, 0.4) is 0 Å². The number of hydrogen-bond acceptors (Lipinski definition) is 5. The van der Waals surface area contributed by atoms with Gasteiger partial charge in [0.15, 0.2) is 11.5 Å². The second-order valence-corrected chi connectivity index (χ2v) is 8.39. The van der Waals surface area contributed by atoms with Crippen molar-refractivity contribution in [3.05, 3.63) is 48.0 Å². The quantitative estimate of drug-likeness (QED) is 0.751. The van der Waals surface area contributed by atoms with E-state index in [1.165, 1.54) is 5.56 Å². The molecule has 0 aromatic heterocycles. The number of ether oxygens (including phenoxy) is 2. The summed E-state index contributed by atoms with van der Waals surface area (Å²) in [6, 6.07) is 13.5. The van der Waals surface area contributed by atoms with Crippen LogP contribution in [0.1, 0.15) is 24.8 Å². The summed E-state index contributed by atoms with van der Waals surface area (Å²) in [6.45, 7) is 2.59. The third-order valence-corrected chi connectivity index (χ3v) is 6.35. The monoisotopic (exact) mass is 437 g/mol. The molecule has 0 spiro atoms. The maximum Gasteiger partial charge on any atom is 0.238 e. The molecule has 0 radical (unpaired) electrons. The number of carbonyl (C=O) groups is 2. The highest BCUT2D eigenvalue weighted by molar-refractivity contribution is 5.96. The third kappa shape index (κ3) is 4.88. The predicted molar refractivity (Wildman–Crippen MR) is 124 cm³/mol. The van der Waals surface area contributed by atoms with Gasteiger partial charge >= 0.3 is 0 Å². The van der Waals surface area contributed by atoms with Gasteiger partial charge in [-0.15, -0.1) is 0 Å². The van der Waals surface area contributed by atoms with Crippen molar-refractivity contribution in [2.75, 3.05) is 50.6 Å². The van der Waals surface area contributed by atoms with Crippen LogP contribution >= 0.6 is 0 Å². The summed E-state index contributed by atoms with van der Waals surface area (Å²) in [5.74, 6) is 1.36. The molecule has 0 bridgehead atoms. The normalized spacial score (nSPS) is 16.9. The number of aryl methyl sites for hydroxylation is 1. The molecule has 32 heavy (non-hydrogen) atoms. The van der Waals surface area contributed by atoms with Crippen LogP contribution in [-0.4, -0.2) is 57.1 Å². The topological polar surface area (TPSA) is 71.1 Å². The van der Waals surface area contributed by atoms with Crippen LogP contribution in [0.25, 0.3) is 0 Å². The minimum atomic E-state index is -0.0769. The van der Waals surface area contributed by atoms with Crippen molar-refractivity contribution in [2.24, 2.45) is 5.92 Å². The van der Waals surface area contributed by atoms with Crippen LogP contribution < -0.4 is 19.7 Å². The lowest BCUT2D eigenvalue weighted by molar-refractivity contribution is -0.124. The molecule has 170 valence electrons. The lowest BCUT2D eigenvalue weighted by Gasteiger charge is -2.36. The highest BCUT2D eigenvalue weighted by Crippen LogP contribution is 2.31. The van der Waals surface area contributed by atoms with Crippen LogP contribution in [0.5, 0.6) is 11.5 Å². The Labute approximate surface area is 189 Å². The molecule has 7 nitrogen and oxygen atoms in total. The highest BCUT2D eigenvalue weighted by Gasteiger charge is 2.31. The predicted octanol–water partition coefficient (Wildman–Crippen LogP) is 3.33. The fraction of sp³-hybridized carbons (Fsp3) is 0.440. The van der Waals surface area contributed by atoms with E-state index in [-0.39, 0.29) is 17.7 Å². The van der Waals surface area contributed by atoms with Crippen molar-refractivity contribution < 1.29 is 19.1 Å². The maximum atomic E-state index is 13.2. The molecule has 0 aliphatic carbocycles. The number of amides is 2. The Balaban J connectivity index is 1.29. The maximum absolute atomic E-state index is 13.2. The Morgan fingerprint density at radius 3 is 2.50 bits per heavy atom. The zero-order valence-corrected chi connectivity index (χ0v) is 18.8. The Bertz CT molecular complexity index is 969. The Morgan fingerprint density at radius 1 is 1.00 bits per heavy atom. The fourth-order valence-corrected chi connectivity index (χ4v) is 4.64. The Morgan fingerprint density at radius 2 is 1.75 bits per heavy atom. The second-order valence-electron chi connectivity index (χ2n) is 8.39. The first kappa shape index (κ1) is 22.1. The van der Waals surface area contributed by atoms with Gasteiger partial charge < -0.3 is 19.7 Å². The van der Waals surface area contributed by atoms with Gasteiger partial charge in [-0.2, -0.15) is 0 Å². The van der Waals surface area contributed by atoms with Crippen molar-refractivity contribution in [3.8, 4) is 11.5 Å². The summed E-state index contributed by atoms with van der Waals surface area (Å²) in [4.78, 5) is 29.8. The number of methoxy groups -OCH3 is 2. The van der Waals surface area contributed by atoms with Gasteiger partial charge in [-0.1, -0.05) is 18.2 Å². The van der Waals surface area contributed by atoms with E-state index in [4.69, 9.17) is 9.47 Å². The number of rotatable bonds is 6. The second kappa shape index (κ2) is 10.0. The number of anilines is 2. The highest BCUT2D eigenvalue weighted by atomic mass is 16.5. The first-order valence-electron chi connectivity index (χ1n) is 11.2. The number of likely N-dealkylation sites (tertiary alicyclic amines) is 1. The number of nitrogens with zero attached hydrogens (tertiary/aromatic N) is 2. The molecule has 2 aromatic rings. The number of fused-ring (bicyclic) bond motifs is 1. The summed E-state index contributed by atoms with van der Waals surface area (Å²) in [6.07, 6.45) is 3.60. The minimum absolute atomic E-state index is 0.0197. The van der Waals surface area contributed by atoms with Gasteiger partial charge in [0.2, 0.25) is 11.8 Å². The zero-order valence-electron chi connectivity index (χ0n) is 18.8. The largest absolute Gasteiger partial charge is 0.493 e. The molecule has 1 fully saturated rings. The van der Waals surface area contributed by atoms with Gasteiger partial charge in [0.25, 0.3) is 0 Å². The number of benzene rings is 2. The van der Waals surface area contributed by atoms with E-state index in [1.54, 1.807) is 32.4 Å². The van der Waals surface area contributed by atoms with E-state index >= 15 is 0 Å². The number of para-hydroxylation sites is 1. The molecule has 0 unspecified atom stereocenters. The summed E-state index contributed by atoms with van der Waals surface area (Å²) in [5.41, 5.74) is 3.00. The third-order valence-electron chi connectivity index (χ3n) is 6.35. The molecular weight excluding hydrogens is 406 g/mol. The van der Waals surface area contributed by atoms with Crippen molar-refractivity contribution in [3.63, 3.8) is 0 Å². The van der Waals surface area contributed by atoms with Gasteiger partial charge in [0, 0.05) is 29.9 Å². The van der Waals surface area contributed by atoms with Crippen molar-refractivity contribution >= 4 is 23.2 Å². The number of nitrogens with one attached hydrogen (secondary N) is 1. The van der Waals surface area contributed by atoms with Gasteiger partial charge in [-0.25, -0.2) is 0 Å². The fourth-order valence-electron chi connectivity index (χ4n) is 4.64. The van der Waals surface area contributed by atoms with E-state index in [2.05, 4.69) is 22.3 Å². The average molecular weight is 438 g/mol. The number of hydrogen-bond donors (Lipinski definition) is 1. The van der Waals surface area contributed by atoms with Crippen LogP contribution in [0, 0.1) is 5.92 Å². The molecule has 1 N–H and O–H groups in total. The molecule has 1 saturated heterocycles. The van der Waals surface area contributed by atoms with E-state index in [9.17, 15) is 9.59 Å². The van der Waals surface area contributed by atoms with Crippen molar-refractivity contribution in [1.29, 1.82) is 0 Å². The van der Waals surface area contributed by atoms with Crippen LogP contribution in [0.15, 0.2) is 42.5 Å². The van der Waals surface area contributed by atoms with Gasteiger partial charge in [0.1, 0.15) is 0 Å². The van der Waals surface area contributed by atoms with Gasteiger partial charge in [-0.05, 0) is 62.5 Å². The Kier molecular flexibility index (Phi) is 6.95. The Hall–Kier alpha value is -3.06. The molecule has 2 aliphatic rings. The van der Waals surface area contributed by atoms with E-state index in [0.717, 1.165) is 51.0 Å². The molecule has 2 heterocycles. The molecular formula is C25H31N3O4. The molecule has 0 saturated carbocycles.